The topological polar surface area (TPSA) is 171 Å². The average Bonchev–Trinajstić information content (AvgIpc) is 3.73. The summed E-state index contributed by atoms with van der Waals surface area (Å²) >= 11 is 0. The molecule has 2 aromatic heterocycles. The fraction of sp³-hybridized carbons (Fsp3) is 0.343. The summed E-state index contributed by atoms with van der Waals surface area (Å²) in [5.41, 5.74) is 15.1. The van der Waals surface area contributed by atoms with E-state index in [1.165, 1.54) is 6.08 Å². The molecule has 4 heterocycles. The third kappa shape index (κ3) is 8.35. The van der Waals surface area contributed by atoms with Crippen LogP contribution in [0, 0.1) is 13.8 Å². The minimum Gasteiger partial charge on any atom is -0.439 e. The van der Waals surface area contributed by atoms with Gasteiger partial charge in [0, 0.05) is 36.7 Å². The number of carbonyl (C=O) groups excluding carboxylic acids is 3. The Labute approximate surface area is 280 Å². The van der Waals surface area contributed by atoms with Crippen molar-refractivity contribution >= 4 is 30.1 Å². The van der Waals surface area contributed by atoms with Crippen molar-refractivity contribution in [2.75, 3.05) is 26.2 Å². The van der Waals surface area contributed by atoms with Gasteiger partial charge in [0.2, 0.25) is 11.8 Å². The normalized spacial score (nSPS) is 17.5. The Hall–Kier alpha value is -4.74. The van der Waals surface area contributed by atoms with Crippen molar-refractivity contribution in [3.05, 3.63) is 95.5 Å². The van der Waals surface area contributed by atoms with E-state index in [2.05, 4.69) is 21.9 Å². The molecule has 2 atom stereocenters. The minimum atomic E-state index is -0.625. The highest BCUT2D eigenvalue weighted by atomic mass is 35.5. The second kappa shape index (κ2) is 15.7. The van der Waals surface area contributed by atoms with E-state index in [0.29, 0.717) is 36.4 Å². The number of carbonyl (C=O) groups is 3. The van der Waals surface area contributed by atoms with Crippen LogP contribution in [0.15, 0.2) is 70.0 Å². The highest BCUT2D eigenvalue weighted by Crippen LogP contribution is 2.33. The zero-order valence-corrected chi connectivity index (χ0v) is 27.5. The molecule has 6 rings (SSSR count). The number of rotatable bonds is 7. The second-order valence-corrected chi connectivity index (χ2v) is 11.8. The van der Waals surface area contributed by atoms with Crippen LogP contribution in [0.1, 0.15) is 81.4 Å². The van der Waals surface area contributed by atoms with Crippen molar-refractivity contribution in [2.24, 2.45) is 11.5 Å². The van der Waals surface area contributed by atoms with Gasteiger partial charge in [0.25, 0.3) is 11.8 Å². The first-order chi connectivity index (χ1) is 22.1. The standard InChI is InChI=1S/C19H21N3O3.C16H19N3O2.ClH/c1-3-15(23)22-10-4-5-14(11-22)19-21-16(18(20)24)17(25-19)13-8-6-12(2)7-9-13;1-10-4-6-11(7-5-10)14-13(15(17)20)19-16(21-14)12-3-2-8-18-9-12;/h3,6-9,14H,1,4-5,10-11H2,2H3,(H2,20,24);4-7,12,18H,2-3,8-9H2,1H3,(H2,17,20);1H. The SMILES string of the molecule is C=CC(=O)N1CCCC(c2nc(C(N)=O)c(-c3ccc(C)cc3)o2)C1.Cc1ccc(-c2oc(C3CCCNC3)nc2C(N)=O)cc1.Cl. The number of likely N-dealkylation sites (tertiary alicyclic amines) is 1. The first-order valence-corrected chi connectivity index (χ1v) is 15.5. The number of primary amides is 2. The molecule has 2 unspecified atom stereocenters. The highest BCUT2D eigenvalue weighted by Gasteiger charge is 2.30. The predicted octanol–water partition coefficient (Wildman–Crippen LogP) is 5.28. The maximum atomic E-state index is 11.9. The Kier molecular flexibility index (Phi) is 11.7. The molecule has 5 N–H and O–H groups in total. The molecule has 2 aliphatic heterocycles. The quantitative estimate of drug-likeness (QED) is 0.225. The van der Waals surface area contributed by atoms with Crippen LogP contribution in [-0.4, -0.2) is 58.8 Å². The Morgan fingerprint density at radius 2 is 1.32 bits per heavy atom. The number of hydrogen-bond acceptors (Lipinski definition) is 8. The Morgan fingerprint density at radius 1 is 0.830 bits per heavy atom. The number of nitrogens with one attached hydrogen (secondary N) is 1. The van der Waals surface area contributed by atoms with E-state index in [-0.39, 0.29) is 41.5 Å². The molecule has 0 saturated carbocycles. The summed E-state index contributed by atoms with van der Waals surface area (Å²) in [6, 6.07) is 15.4. The molecule has 3 amide bonds. The summed E-state index contributed by atoms with van der Waals surface area (Å²) in [6.45, 7) is 10.6. The number of piperidine rings is 2. The van der Waals surface area contributed by atoms with Gasteiger partial charge in [-0.1, -0.05) is 66.2 Å². The number of oxazole rings is 2. The zero-order valence-electron chi connectivity index (χ0n) is 26.7. The van der Waals surface area contributed by atoms with E-state index in [1.54, 1.807) is 4.90 Å². The molecule has 2 aliphatic rings. The van der Waals surface area contributed by atoms with Crippen molar-refractivity contribution in [1.29, 1.82) is 0 Å². The molecular weight excluding hydrogens is 620 g/mol. The number of halogens is 1. The summed E-state index contributed by atoms with van der Waals surface area (Å²) in [5, 5.41) is 3.32. The van der Waals surface area contributed by atoms with E-state index >= 15 is 0 Å². The van der Waals surface area contributed by atoms with Crippen molar-refractivity contribution in [1.82, 2.24) is 20.2 Å². The maximum Gasteiger partial charge on any atom is 0.271 e. The largest absolute Gasteiger partial charge is 0.439 e. The van der Waals surface area contributed by atoms with E-state index in [1.807, 2.05) is 62.4 Å². The van der Waals surface area contributed by atoms with Gasteiger partial charge in [-0.15, -0.1) is 12.4 Å². The number of hydrogen-bond donors (Lipinski definition) is 3. The molecule has 2 aromatic carbocycles. The summed E-state index contributed by atoms with van der Waals surface area (Å²) in [5.74, 6) is 0.774. The van der Waals surface area contributed by atoms with Gasteiger partial charge in [0.1, 0.15) is 0 Å². The molecule has 0 bridgehead atoms. The van der Waals surface area contributed by atoms with Crippen molar-refractivity contribution in [2.45, 2.75) is 51.4 Å². The molecule has 12 heteroatoms. The fourth-order valence-electron chi connectivity index (χ4n) is 5.73. The Morgan fingerprint density at radius 3 is 1.77 bits per heavy atom. The molecule has 11 nitrogen and oxygen atoms in total. The van der Waals surface area contributed by atoms with Gasteiger partial charge in [0.15, 0.2) is 28.8 Å². The lowest BCUT2D eigenvalue weighted by Gasteiger charge is -2.30. The number of amides is 3. The Balaban J connectivity index is 0.000000211. The predicted molar refractivity (Wildman–Crippen MR) is 181 cm³/mol. The van der Waals surface area contributed by atoms with Gasteiger partial charge in [-0.3, -0.25) is 14.4 Å². The highest BCUT2D eigenvalue weighted by molar-refractivity contribution is 5.97. The van der Waals surface area contributed by atoms with E-state index in [0.717, 1.165) is 61.0 Å². The lowest BCUT2D eigenvalue weighted by molar-refractivity contribution is -0.127. The summed E-state index contributed by atoms with van der Waals surface area (Å²) in [7, 11) is 0. The molecule has 0 spiro atoms. The summed E-state index contributed by atoms with van der Waals surface area (Å²) < 4.78 is 11.8. The molecular formula is C35H41ClN6O5. The number of aryl methyl sites for hydroxylation is 2. The third-order valence-corrected chi connectivity index (χ3v) is 8.28. The maximum absolute atomic E-state index is 11.9. The van der Waals surface area contributed by atoms with Crippen LogP contribution in [0.3, 0.4) is 0 Å². The van der Waals surface area contributed by atoms with Gasteiger partial charge in [-0.25, -0.2) is 9.97 Å². The lowest BCUT2D eigenvalue weighted by atomic mass is 9.98. The van der Waals surface area contributed by atoms with Gasteiger partial charge in [-0.2, -0.15) is 0 Å². The summed E-state index contributed by atoms with van der Waals surface area (Å²) in [4.78, 5) is 45.7. The molecule has 2 saturated heterocycles. The lowest BCUT2D eigenvalue weighted by Crippen LogP contribution is -2.38. The first-order valence-electron chi connectivity index (χ1n) is 15.5. The van der Waals surface area contributed by atoms with Gasteiger partial charge < -0.3 is 30.5 Å². The smallest absolute Gasteiger partial charge is 0.271 e. The summed E-state index contributed by atoms with van der Waals surface area (Å²) in [6.07, 6.45) is 5.09. The zero-order chi connectivity index (χ0) is 32.8. The van der Waals surface area contributed by atoms with Crippen molar-refractivity contribution < 1.29 is 23.2 Å². The van der Waals surface area contributed by atoms with Crippen LogP contribution >= 0.6 is 12.4 Å². The van der Waals surface area contributed by atoms with Crippen LogP contribution in [-0.2, 0) is 4.79 Å². The molecule has 4 aromatic rings. The molecule has 47 heavy (non-hydrogen) atoms. The number of nitrogens with two attached hydrogens (primary N) is 2. The fourth-order valence-corrected chi connectivity index (χ4v) is 5.73. The van der Waals surface area contributed by atoms with Gasteiger partial charge in [-0.05, 0) is 52.2 Å². The molecule has 248 valence electrons. The number of nitrogens with zero attached hydrogens (tertiary/aromatic N) is 3. The molecule has 2 fully saturated rings. The van der Waals surface area contributed by atoms with E-state index < -0.39 is 11.8 Å². The molecule has 0 aliphatic carbocycles. The van der Waals surface area contributed by atoms with Gasteiger partial charge in [0.05, 0.1) is 5.92 Å². The van der Waals surface area contributed by atoms with Gasteiger partial charge >= 0.3 is 0 Å². The Bertz CT molecular complexity index is 1710. The van der Waals surface area contributed by atoms with Crippen LogP contribution < -0.4 is 16.8 Å². The van der Waals surface area contributed by atoms with Crippen LogP contribution in [0.4, 0.5) is 0 Å². The second-order valence-electron chi connectivity index (χ2n) is 11.8. The monoisotopic (exact) mass is 660 g/mol. The van der Waals surface area contributed by atoms with Crippen LogP contribution in [0.5, 0.6) is 0 Å². The van der Waals surface area contributed by atoms with Crippen molar-refractivity contribution in [3.8, 4) is 22.6 Å². The van der Waals surface area contributed by atoms with Crippen LogP contribution in [0.25, 0.3) is 22.6 Å². The molecule has 0 radical (unpaired) electrons. The van der Waals surface area contributed by atoms with Crippen LogP contribution in [0.2, 0.25) is 0 Å². The number of aromatic nitrogens is 2. The van der Waals surface area contributed by atoms with Crippen molar-refractivity contribution in [3.63, 3.8) is 0 Å². The average molecular weight is 661 g/mol. The van der Waals surface area contributed by atoms with E-state index in [9.17, 15) is 14.4 Å². The number of benzene rings is 2. The minimum absolute atomic E-state index is 0. The third-order valence-electron chi connectivity index (χ3n) is 8.28. The van der Waals surface area contributed by atoms with E-state index in [4.69, 9.17) is 20.3 Å². The first kappa shape index (κ1) is 35.1.